The van der Waals surface area contributed by atoms with Crippen molar-refractivity contribution in [3.63, 3.8) is 0 Å². The molecule has 2 aromatic heterocycles. The molecule has 6 nitrogen and oxygen atoms in total. The molecule has 0 unspecified atom stereocenters. The molecular weight excluding hydrogens is 460 g/mol. The predicted molar refractivity (Wildman–Crippen MR) is 146 cm³/mol. The molecular formula is C31H26N4O2. The smallest absolute Gasteiger partial charge is 0.337 e. The van der Waals surface area contributed by atoms with Gasteiger partial charge in [0.15, 0.2) is 0 Å². The molecule has 0 aliphatic rings. The Labute approximate surface area is 214 Å². The van der Waals surface area contributed by atoms with E-state index >= 15 is 0 Å². The van der Waals surface area contributed by atoms with Gasteiger partial charge in [-0.15, -0.1) is 0 Å². The highest BCUT2D eigenvalue weighted by atomic mass is 16.5. The van der Waals surface area contributed by atoms with E-state index in [0.717, 1.165) is 57.0 Å². The summed E-state index contributed by atoms with van der Waals surface area (Å²) in [6, 6.07) is 30.5. The lowest BCUT2D eigenvalue weighted by Gasteiger charge is -2.10. The summed E-state index contributed by atoms with van der Waals surface area (Å²) in [5, 5.41) is 0. The molecule has 4 aromatic carbocycles. The van der Waals surface area contributed by atoms with Gasteiger partial charge in [-0.3, -0.25) is 0 Å². The maximum atomic E-state index is 11.7. The van der Waals surface area contributed by atoms with E-state index in [9.17, 15) is 4.79 Å². The lowest BCUT2D eigenvalue weighted by atomic mass is 10.0. The summed E-state index contributed by atoms with van der Waals surface area (Å²) in [5.41, 5.74) is 9.11. The first-order valence-corrected chi connectivity index (χ1v) is 12.2. The number of aryl methyl sites for hydroxylation is 2. The van der Waals surface area contributed by atoms with Gasteiger partial charge in [-0.1, -0.05) is 48.5 Å². The number of ether oxygens (including phenoxy) is 1. The summed E-state index contributed by atoms with van der Waals surface area (Å²) in [5.74, 6) is 1.58. The maximum Gasteiger partial charge on any atom is 0.337 e. The van der Waals surface area contributed by atoms with Crippen molar-refractivity contribution in [2.24, 2.45) is 7.05 Å². The first-order valence-electron chi connectivity index (χ1n) is 12.2. The molecule has 6 rings (SSSR count). The van der Waals surface area contributed by atoms with Crippen LogP contribution in [0.15, 0.2) is 91.0 Å². The first kappa shape index (κ1) is 22.7. The molecule has 0 aliphatic heterocycles. The molecule has 37 heavy (non-hydrogen) atoms. The summed E-state index contributed by atoms with van der Waals surface area (Å²) < 4.78 is 9.18. The molecule has 0 aliphatic carbocycles. The maximum absolute atomic E-state index is 11.7. The SMILES string of the molecule is COC(=O)c1ccc(-c2ccc(Cn3c(C)nc4ccc(-c5nc6ccccc6n5C)cc43)cc2)cc1. The molecule has 0 radical (unpaired) electrons. The normalized spacial score (nSPS) is 11.3. The first-order chi connectivity index (χ1) is 18.0. The number of aromatic nitrogens is 4. The molecule has 6 aromatic rings. The Morgan fingerprint density at radius 3 is 2.14 bits per heavy atom. The lowest BCUT2D eigenvalue weighted by Crippen LogP contribution is -2.02. The number of carbonyl (C=O) groups excluding carboxylic acids is 1. The van der Waals surface area contributed by atoms with Crippen molar-refractivity contribution in [3.8, 4) is 22.5 Å². The van der Waals surface area contributed by atoms with Crippen LogP contribution in [-0.4, -0.2) is 32.2 Å². The minimum atomic E-state index is -0.329. The fourth-order valence-electron chi connectivity index (χ4n) is 4.89. The number of methoxy groups -OCH3 is 1. The van der Waals surface area contributed by atoms with Crippen LogP contribution in [0.5, 0.6) is 0 Å². The highest BCUT2D eigenvalue weighted by Crippen LogP contribution is 2.28. The Kier molecular flexibility index (Phi) is 5.57. The Morgan fingerprint density at radius 1 is 0.784 bits per heavy atom. The van der Waals surface area contributed by atoms with Crippen LogP contribution in [0.1, 0.15) is 21.7 Å². The van der Waals surface area contributed by atoms with Gasteiger partial charge >= 0.3 is 5.97 Å². The molecule has 2 heterocycles. The largest absolute Gasteiger partial charge is 0.465 e. The zero-order valence-corrected chi connectivity index (χ0v) is 21.0. The fraction of sp³-hybridized carbons (Fsp3) is 0.129. The van der Waals surface area contributed by atoms with Crippen molar-refractivity contribution in [2.75, 3.05) is 7.11 Å². The van der Waals surface area contributed by atoms with Crippen LogP contribution < -0.4 is 0 Å². The quantitative estimate of drug-likeness (QED) is 0.265. The lowest BCUT2D eigenvalue weighted by molar-refractivity contribution is 0.0600. The van der Waals surface area contributed by atoms with Crippen LogP contribution in [0.2, 0.25) is 0 Å². The monoisotopic (exact) mass is 486 g/mol. The van der Waals surface area contributed by atoms with Gasteiger partial charge in [0.05, 0.1) is 34.7 Å². The van der Waals surface area contributed by atoms with Crippen LogP contribution in [0.4, 0.5) is 0 Å². The molecule has 0 N–H and O–H groups in total. The molecule has 0 spiro atoms. The van der Waals surface area contributed by atoms with Crippen LogP contribution in [0.25, 0.3) is 44.6 Å². The molecule has 0 saturated heterocycles. The second-order valence-corrected chi connectivity index (χ2v) is 9.20. The third kappa shape index (κ3) is 4.06. The number of hydrogen-bond donors (Lipinski definition) is 0. The van der Waals surface area contributed by atoms with Gasteiger partial charge in [0.1, 0.15) is 11.6 Å². The molecule has 182 valence electrons. The number of nitrogens with zero attached hydrogens (tertiary/aromatic N) is 4. The van der Waals surface area contributed by atoms with Crippen LogP contribution in [0, 0.1) is 6.92 Å². The number of rotatable bonds is 5. The second-order valence-electron chi connectivity index (χ2n) is 9.20. The van der Waals surface area contributed by atoms with E-state index in [1.54, 1.807) is 12.1 Å². The van der Waals surface area contributed by atoms with Crippen molar-refractivity contribution >= 4 is 28.0 Å². The standard InChI is InChI=1S/C31H26N4O2/c1-20-32-27-17-16-25(30-33-26-6-4-5-7-28(26)34(30)2)18-29(27)35(20)19-21-8-10-22(11-9-21)23-12-14-24(15-13-23)31(36)37-3/h4-18H,19H2,1-3H3. The van der Waals surface area contributed by atoms with Crippen LogP contribution in [0.3, 0.4) is 0 Å². The second kappa shape index (κ2) is 9.06. The molecule has 0 fully saturated rings. The minimum absolute atomic E-state index is 0.329. The number of hydrogen-bond acceptors (Lipinski definition) is 4. The summed E-state index contributed by atoms with van der Waals surface area (Å²) >= 11 is 0. The van der Waals surface area contributed by atoms with E-state index < -0.39 is 0 Å². The predicted octanol–water partition coefficient (Wildman–Crippen LogP) is 6.40. The minimum Gasteiger partial charge on any atom is -0.465 e. The summed E-state index contributed by atoms with van der Waals surface area (Å²) in [4.78, 5) is 21.4. The van der Waals surface area contributed by atoms with Gasteiger partial charge in [-0.25, -0.2) is 14.8 Å². The number of benzene rings is 4. The Balaban J connectivity index is 1.30. The topological polar surface area (TPSA) is 61.9 Å². The van der Waals surface area contributed by atoms with Gasteiger partial charge in [-0.05, 0) is 66.1 Å². The molecule has 6 heteroatoms. The van der Waals surface area contributed by atoms with Gasteiger partial charge < -0.3 is 13.9 Å². The Hall–Kier alpha value is -4.71. The molecule has 0 amide bonds. The van der Waals surface area contributed by atoms with E-state index in [2.05, 4.69) is 64.7 Å². The van der Waals surface area contributed by atoms with E-state index in [0.29, 0.717) is 5.56 Å². The highest BCUT2D eigenvalue weighted by molar-refractivity contribution is 5.90. The molecule has 0 atom stereocenters. The number of fused-ring (bicyclic) bond motifs is 2. The highest BCUT2D eigenvalue weighted by Gasteiger charge is 2.14. The average molecular weight is 487 g/mol. The Morgan fingerprint density at radius 2 is 1.43 bits per heavy atom. The summed E-state index contributed by atoms with van der Waals surface area (Å²) in [7, 11) is 3.45. The van der Waals surface area contributed by atoms with Crippen molar-refractivity contribution in [1.82, 2.24) is 19.1 Å². The Bertz CT molecular complexity index is 1760. The zero-order chi connectivity index (χ0) is 25.5. The van der Waals surface area contributed by atoms with Gasteiger partial charge in [0.25, 0.3) is 0 Å². The van der Waals surface area contributed by atoms with Crippen molar-refractivity contribution < 1.29 is 9.53 Å². The summed E-state index contributed by atoms with van der Waals surface area (Å²) in [6.45, 7) is 2.77. The third-order valence-electron chi connectivity index (χ3n) is 6.92. The van der Waals surface area contributed by atoms with Crippen molar-refractivity contribution in [1.29, 1.82) is 0 Å². The van der Waals surface area contributed by atoms with E-state index in [-0.39, 0.29) is 5.97 Å². The molecule has 0 saturated carbocycles. The van der Waals surface area contributed by atoms with Crippen molar-refractivity contribution in [3.05, 3.63) is 108 Å². The average Bonchev–Trinajstić information content (AvgIpc) is 3.44. The van der Waals surface area contributed by atoms with Crippen LogP contribution >= 0.6 is 0 Å². The van der Waals surface area contributed by atoms with E-state index in [1.165, 1.54) is 12.7 Å². The van der Waals surface area contributed by atoms with E-state index in [1.807, 2.05) is 37.3 Å². The zero-order valence-electron chi connectivity index (χ0n) is 21.0. The van der Waals surface area contributed by atoms with Gasteiger partial charge in [0, 0.05) is 19.2 Å². The van der Waals surface area contributed by atoms with Gasteiger partial charge in [-0.2, -0.15) is 0 Å². The van der Waals surface area contributed by atoms with E-state index in [4.69, 9.17) is 14.7 Å². The van der Waals surface area contributed by atoms with Crippen LogP contribution in [-0.2, 0) is 18.3 Å². The summed E-state index contributed by atoms with van der Waals surface area (Å²) in [6.07, 6.45) is 0. The number of imidazole rings is 2. The van der Waals surface area contributed by atoms with Gasteiger partial charge in [0.2, 0.25) is 0 Å². The third-order valence-corrected chi connectivity index (χ3v) is 6.92. The fourth-order valence-corrected chi connectivity index (χ4v) is 4.89. The number of esters is 1. The number of para-hydroxylation sites is 2. The molecule has 0 bridgehead atoms. The van der Waals surface area contributed by atoms with Crippen molar-refractivity contribution in [2.45, 2.75) is 13.5 Å². The number of carbonyl (C=O) groups is 1.